The summed E-state index contributed by atoms with van der Waals surface area (Å²) in [4.78, 5) is 28.2. The first kappa shape index (κ1) is 17.4. The van der Waals surface area contributed by atoms with Crippen molar-refractivity contribution in [1.82, 2.24) is 15.1 Å². The molecular formula is C17H25N3O3. The van der Waals surface area contributed by atoms with Crippen molar-refractivity contribution in [2.24, 2.45) is 5.92 Å². The van der Waals surface area contributed by atoms with Crippen LogP contribution in [0.3, 0.4) is 0 Å². The number of hydrogen-bond donors (Lipinski definition) is 1. The highest BCUT2D eigenvalue weighted by Crippen LogP contribution is 2.08. The number of carbonyl (C=O) groups excluding carboxylic acids is 2. The Hall–Kier alpha value is -1.92. The van der Waals surface area contributed by atoms with E-state index < -0.39 is 0 Å². The van der Waals surface area contributed by atoms with Gasteiger partial charge in [0, 0.05) is 31.1 Å². The van der Waals surface area contributed by atoms with Gasteiger partial charge in [0.1, 0.15) is 0 Å². The van der Waals surface area contributed by atoms with Crippen LogP contribution in [0.1, 0.15) is 10.4 Å². The molecule has 1 aliphatic heterocycles. The Bertz CT molecular complexity index is 519. The molecule has 2 amide bonds. The largest absolute Gasteiger partial charge is 0.379 e. The number of nitrogens with zero attached hydrogens (tertiary/aromatic N) is 2. The van der Waals surface area contributed by atoms with E-state index in [4.69, 9.17) is 4.74 Å². The highest BCUT2D eigenvalue weighted by Gasteiger charge is 2.23. The zero-order valence-electron chi connectivity index (χ0n) is 13.8. The van der Waals surface area contributed by atoms with E-state index in [-0.39, 0.29) is 18.4 Å². The zero-order valence-corrected chi connectivity index (χ0v) is 13.8. The van der Waals surface area contributed by atoms with Gasteiger partial charge in [-0.05, 0) is 26.2 Å². The van der Waals surface area contributed by atoms with E-state index >= 15 is 0 Å². The summed E-state index contributed by atoms with van der Waals surface area (Å²) in [5, 5.41) is 2.69. The lowest BCUT2D eigenvalue weighted by molar-refractivity contribution is -0.130. The van der Waals surface area contributed by atoms with Crippen molar-refractivity contribution < 1.29 is 14.3 Å². The van der Waals surface area contributed by atoms with Crippen molar-refractivity contribution in [3.8, 4) is 0 Å². The predicted molar refractivity (Wildman–Crippen MR) is 88.2 cm³/mol. The van der Waals surface area contributed by atoms with E-state index in [9.17, 15) is 9.59 Å². The number of carbonyl (C=O) groups is 2. The average molecular weight is 319 g/mol. The normalized spacial score (nSPS) is 18.6. The summed E-state index contributed by atoms with van der Waals surface area (Å²) in [5.74, 6) is -0.000300. The Morgan fingerprint density at radius 2 is 2.04 bits per heavy atom. The van der Waals surface area contributed by atoms with Gasteiger partial charge in [-0.1, -0.05) is 18.2 Å². The maximum atomic E-state index is 12.4. The molecule has 0 saturated carbocycles. The molecular weight excluding hydrogens is 294 g/mol. The zero-order chi connectivity index (χ0) is 16.7. The second kappa shape index (κ2) is 8.64. The van der Waals surface area contributed by atoms with Crippen molar-refractivity contribution in [1.29, 1.82) is 0 Å². The van der Waals surface area contributed by atoms with Crippen LogP contribution in [0.2, 0.25) is 0 Å². The number of nitrogens with one attached hydrogen (secondary N) is 1. The van der Waals surface area contributed by atoms with Gasteiger partial charge < -0.3 is 19.9 Å². The Balaban J connectivity index is 1.85. The van der Waals surface area contributed by atoms with Crippen molar-refractivity contribution in [3.05, 3.63) is 35.9 Å². The van der Waals surface area contributed by atoms with Crippen LogP contribution in [0.25, 0.3) is 0 Å². The molecule has 1 aliphatic rings. The van der Waals surface area contributed by atoms with Gasteiger partial charge in [-0.25, -0.2) is 0 Å². The molecule has 1 heterocycles. The van der Waals surface area contributed by atoms with E-state index in [0.717, 1.165) is 6.54 Å². The van der Waals surface area contributed by atoms with Crippen LogP contribution in [0, 0.1) is 5.92 Å². The minimum absolute atomic E-state index is 0.0163. The van der Waals surface area contributed by atoms with Gasteiger partial charge in [-0.3, -0.25) is 9.59 Å². The summed E-state index contributed by atoms with van der Waals surface area (Å²) >= 11 is 0. The Morgan fingerprint density at radius 3 is 2.74 bits per heavy atom. The average Bonchev–Trinajstić information content (AvgIpc) is 2.78. The van der Waals surface area contributed by atoms with Gasteiger partial charge in [-0.15, -0.1) is 0 Å². The summed E-state index contributed by atoms with van der Waals surface area (Å²) in [5.41, 5.74) is 0.560. The summed E-state index contributed by atoms with van der Waals surface area (Å²) in [6.45, 7) is 3.34. The van der Waals surface area contributed by atoms with E-state index in [0.29, 0.717) is 37.8 Å². The number of hydrogen-bond acceptors (Lipinski definition) is 4. The second-order valence-corrected chi connectivity index (χ2v) is 6.09. The lowest BCUT2D eigenvalue weighted by atomic mass is 10.1. The summed E-state index contributed by atoms with van der Waals surface area (Å²) < 4.78 is 5.58. The van der Waals surface area contributed by atoms with Crippen LogP contribution in [-0.2, 0) is 9.53 Å². The third-order valence-electron chi connectivity index (χ3n) is 3.75. The molecule has 0 bridgehead atoms. The lowest BCUT2D eigenvalue weighted by Gasteiger charge is -2.25. The van der Waals surface area contributed by atoms with Crippen molar-refractivity contribution in [3.63, 3.8) is 0 Å². The van der Waals surface area contributed by atoms with Crippen molar-refractivity contribution in [2.45, 2.75) is 0 Å². The molecule has 1 atom stereocenters. The maximum Gasteiger partial charge on any atom is 0.251 e. The van der Waals surface area contributed by atoms with Gasteiger partial charge >= 0.3 is 0 Å². The highest BCUT2D eigenvalue weighted by molar-refractivity contribution is 5.96. The van der Waals surface area contributed by atoms with E-state index in [1.807, 2.05) is 20.2 Å². The SMILES string of the molecule is CN(C)C[C@H]1COCCN(C(=O)CNC(=O)c2ccccc2)C1. The van der Waals surface area contributed by atoms with Gasteiger partial charge in [0.25, 0.3) is 5.91 Å². The second-order valence-electron chi connectivity index (χ2n) is 6.09. The molecule has 1 aromatic rings. The van der Waals surface area contributed by atoms with Crippen molar-refractivity contribution in [2.75, 3.05) is 53.5 Å². The number of rotatable bonds is 5. The fourth-order valence-corrected chi connectivity index (χ4v) is 2.69. The van der Waals surface area contributed by atoms with Crippen LogP contribution in [0.15, 0.2) is 30.3 Å². The third kappa shape index (κ3) is 5.65. The lowest BCUT2D eigenvalue weighted by Crippen LogP contribution is -2.43. The molecule has 23 heavy (non-hydrogen) atoms. The van der Waals surface area contributed by atoms with Gasteiger partial charge in [0.2, 0.25) is 5.91 Å². The number of amides is 2. The van der Waals surface area contributed by atoms with Crippen LogP contribution in [-0.4, -0.2) is 75.1 Å². The number of benzene rings is 1. The minimum Gasteiger partial charge on any atom is -0.379 e. The van der Waals surface area contributed by atoms with Crippen LogP contribution in [0.5, 0.6) is 0 Å². The molecule has 1 aromatic carbocycles. The quantitative estimate of drug-likeness (QED) is 0.856. The molecule has 1 fully saturated rings. The maximum absolute atomic E-state index is 12.4. The molecule has 0 aliphatic carbocycles. The molecule has 0 radical (unpaired) electrons. The monoisotopic (exact) mass is 319 g/mol. The molecule has 2 rings (SSSR count). The van der Waals surface area contributed by atoms with Gasteiger partial charge in [-0.2, -0.15) is 0 Å². The van der Waals surface area contributed by atoms with Crippen molar-refractivity contribution >= 4 is 11.8 Å². The molecule has 0 unspecified atom stereocenters. The Morgan fingerprint density at radius 1 is 1.30 bits per heavy atom. The predicted octanol–water partition coefficient (Wildman–Crippen LogP) is 0.453. The topological polar surface area (TPSA) is 61.9 Å². The highest BCUT2D eigenvalue weighted by atomic mass is 16.5. The van der Waals surface area contributed by atoms with E-state index in [2.05, 4.69) is 10.2 Å². The molecule has 1 N–H and O–H groups in total. The fraction of sp³-hybridized carbons (Fsp3) is 0.529. The fourth-order valence-electron chi connectivity index (χ4n) is 2.69. The molecule has 126 valence electrons. The van der Waals surface area contributed by atoms with E-state index in [1.54, 1.807) is 29.2 Å². The van der Waals surface area contributed by atoms with Gasteiger partial charge in [0.15, 0.2) is 0 Å². The van der Waals surface area contributed by atoms with Gasteiger partial charge in [0.05, 0.1) is 19.8 Å². The van der Waals surface area contributed by atoms with Crippen LogP contribution >= 0.6 is 0 Å². The smallest absolute Gasteiger partial charge is 0.251 e. The molecule has 0 spiro atoms. The first-order chi connectivity index (χ1) is 11.1. The first-order valence-electron chi connectivity index (χ1n) is 7.89. The third-order valence-corrected chi connectivity index (χ3v) is 3.75. The van der Waals surface area contributed by atoms with E-state index in [1.165, 1.54) is 0 Å². The minimum atomic E-state index is -0.227. The summed E-state index contributed by atoms with van der Waals surface area (Å²) in [6.07, 6.45) is 0. The Kier molecular flexibility index (Phi) is 6.55. The standard InChI is InChI=1S/C17H25N3O3/c1-19(2)11-14-12-20(8-9-23-13-14)16(21)10-18-17(22)15-6-4-3-5-7-15/h3-7,14H,8-13H2,1-2H3,(H,18,22)/t14-/m1/s1. The number of ether oxygens (including phenoxy) is 1. The van der Waals surface area contributed by atoms with Crippen LogP contribution < -0.4 is 5.32 Å². The summed E-state index contributed by atoms with van der Waals surface area (Å²) in [7, 11) is 4.02. The van der Waals surface area contributed by atoms with Crippen LogP contribution in [0.4, 0.5) is 0 Å². The summed E-state index contributed by atoms with van der Waals surface area (Å²) in [6, 6.07) is 8.91. The molecule has 6 nitrogen and oxygen atoms in total. The Labute approximate surface area is 137 Å². The first-order valence-corrected chi connectivity index (χ1v) is 7.89. The molecule has 6 heteroatoms. The molecule has 1 saturated heterocycles. The molecule has 0 aromatic heterocycles.